The number of carbonyl (C=O) groups is 2. The summed E-state index contributed by atoms with van der Waals surface area (Å²) in [7, 11) is 1.58. The highest BCUT2D eigenvalue weighted by atomic mass is 19.1. The molecule has 2 saturated heterocycles. The Morgan fingerprint density at radius 3 is 2.69 bits per heavy atom. The van der Waals surface area contributed by atoms with Gasteiger partial charge in [0.2, 0.25) is 5.91 Å². The number of nitrogens with one attached hydrogen (secondary N) is 1. The van der Waals surface area contributed by atoms with Gasteiger partial charge in [-0.25, -0.2) is 9.18 Å². The number of piperazine rings is 1. The molecule has 0 unspecified atom stereocenters. The number of methoxy groups -OCH3 is 1. The monoisotopic (exact) mass is 437 g/mol. The first kappa shape index (κ1) is 21.8. The summed E-state index contributed by atoms with van der Waals surface area (Å²) in [5.41, 5.74) is 1.87. The molecule has 0 saturated carbocycles. The van der Waals surface area contributed by atoms with E-state index in [1.54, 1.807) is 18.1 Å². The predicted molar refractivity (Wildman–Crippen MR) is 116 cm³/mol. The van der Waals surface area contributed by atoms with Gasteiger partial charge in [0.1, 0.15) is 19.0 Å². The number of rotatable bonds is 4. The summed E-state index contributed by atoms with van der Waals surface area (Å²) in [6, 6.07) is 12.4. The van der Waals surface area contributed by atoms with Crippen molar-refractivity contribution in [2.45, 2.75) is 18.0 Å². The molecule has 2 aliphatic heterocycles. The van der Waals surface area contributed by atoms with E-state index < -0.39 is 11.8 Å². The van der Waals surface area contributed by atoms with E-state index in [1.807, 2.05) is 24.3 Å². The van der Waals surface area contributed by atoms with E-state index in [-0.39, 0.29) is 42.7 Å². The molecule has 0 aliphatic carbocycles. The number of aliphatic hydroxyl groups excluding tert-OH is 1. The van der Waals surface area contributed by atoms with E-state index in [4.69, 9.17) is 4.74 Å². The van der Waals surface area contributed by atoms with Gasteiger partial charge in [-0.15, -0.1) is 0 Å². The Morgan fingerprint density at radius 1 is 1.25 bits per heavy atom. The van der Waals surface area contributed by atoms with E-state index in [0.29, 0.717) is 13.2 Å². The highest BCUT2D eigenvalue weighted by molar-refractivity contribution is 5.93. The second-order valence-corrected chi connectivity index (χ2v) is 7.79. The smallest absolute Gasteiger partial charge is 0.322 e. The third-order valence-corrected chi connectivity index (χ3v) is 5.90. The Hall–Kier alpha value is -3.41. The Labute approximate surface area is 185 Å². The SMILES string of the molecule is COCC#Cc1ccc([C@H]2[C@H]3CN(C(=O)Nc4ccccc4F)CC(=O)N3[C@H]2CO)cc1. The van der Waals surface area contributed by atoms with Gasteiger partial charge in [-0.3, -0.25) is 4.79 Å². The molecule has 3 amide bonds. The summed E-state index contributed by atoms with van der Waals surface area (Å²) in [5.74, 6) is 5.01. The van der Waals surface area contributed by atoms with Gasteiger partial charge >= 0.3 is 6.03 Å². The summed E-state index contributed by atoms with van der Waals surface area (Å²) in [5, 5.41) is 12.4. The van der Waals surface area contributed by atoms with Crippen LogP contribution in [0.1, 0.15) is 17.0 Å². The fourth-order valence-corrected chi connectivity index (χ4v) is 4.41. The van der Waals surface area contributed by atoms with Gasteiger partial charge in [0.25, 0.3) is 0 Å². The maximum absolute atomic E-state index is 13.9. The second-order valence-electron chi connectivity index (χ2n) is 7.79. The van der Waals surface area contributed by atoms with Crippen LogP contribution < -0.4 is 5.32 Å². The molecule has 3 atom stereocenters. The molecule has 7 nitrogen and oxygen atoms in total. The predicted octanol–water partition coefficient (Wildman–Crippen LogP) is 2.03. The number of ether oxygens (including phenoxy) is 1. The first-order chi connectivity index (χ1) is 15.5. The van der Waals surface area contributed by atoms with Gasteiger partial charge in [-0.1, -0.05) is 36.1 Å². The number of halogens is 1. The van der Waals surface area contributed by atoms with Gasteiger partial charge in [-0.2, -0.15) is 0 Å². The number of urea groups is 1. The molecular weight excluding hydrogens is 413 g/mol. The third-order valence-electron chi connectivity index (χ3n) is 5.90. The fraction of sp³-hybridized carbons (Fsp3) is 0.333. The zero-order valence-electron chi connectivity index (χ0n) is 17.6. The van der Waals surface area contributed by atoms with Crippen molar-refractivity contribution < 1.29 is 23.8 Å². The minimum atomic E-state index is -0.540. The Balaban J connectivity index is 1.50. The molecule has 8 heteroatoms. The van der Waals surface area contributed by atoms with E-state index in [0.717, 1.165) is 11.1 Å². The van der Waals surface area contributed by atoms with Crippen molar-refractivity contribution in [2.24, 2.45) is 0 Å². The van der Waals surface area contributed by atoms with Crippen LogP contribution in [0, 0.1) is 17.7 Å². The molecule has 2 aromatic rings. The van der Waals surface area contributed by atoms with Crippen molar-refractivity contribution >= 4 is 17.6 Å². The number of para-hydroxylation sites is 1. The van der Waals surface area contributed by atoms with Crippen LogP contribution in [0.4, 0.5) is 14.9 Å². The van der Waals surface area contributed by atoms with Crippen LogP contribution in [0.3, 0.4) is 0 Å². The Bertz CT molecular complexity index is 1060. The van der Waals surface area contributed by atoms with Crippen molar-refractivity contribution in [3.8, 4) is 11.8 Å². The molecule has 2 N–H and O–H groups in total. The highest BCUT2D eigenvalue weighted by Gasteiger charge is 2.54. The minimum absolute atomic E-state index is 0.0657. The number of hydrogen-bond acceptors (Lipinski definition) is 4. The lowest BCUT2D eigenvalue weighted by atomic mass is 9.73. The molecule has 2 fully saturated rings. The van der Waals surface area contributed by atoms with E-state index in [9.17, 15) is 19.1 Å². The van der Waals surface area contributed by atoms with Crippen molar-refractivity contribution in [3.63, 3.8) is 0 Å². The number of fused-ring (bicyclic) bond motifs is 1. The summed E-state index contributed by atoms with van der Waals surface area (Å²) >= 11 is 0. The van der Waals surface area contributed by atoms with Crippen LogP contribution in [0.25, 0.3) is 0 Å². The lowest BCUT2D eigenvalue weighted by Gasteiger charge is -2.58. The lowest BCUT2D eigenvalue weighted by Crippen LogP contribution is -2.73. The number of carbonyl (C=O) groups excluding carboxylic acids is 2. The zero-order chi connectivity index (χ0) is 22.7. The van der Waals surface area contributed by atoms with Crippen molar-refractivity contribution in [3.05, 3.63) is 65.5 Å². The zero-order valence-corrected chi connectivity index (χ0v) is 17.6. The number of aliphatic hydroxyl groups is 1. The lowest BCUT2D eigenvalue weighted by molar-refractivity contribution is -0.159. The van der Waals surface area contributed by atoms with Crippen LogP contribution in [-0.4, -0.2) is 72.3 Å². The van der Waals surface area contributed by atoms with E-state index >= 15 is 0 Å². The molecule has 0 radical (unpaired) electrons. The molecular formula is C24H24FN3O4. The molecule has 32 heavy (non-hydrogen) atoms. The van der Waals surface area contributed by atoms with Gasteiger partial charge in [0, 0.05) is 25.1 Å². The number of nitrogens with zero attached hydrogens (tertiary/aromatic N) is 2. The molecule has 4 rings (SSSR count). The van der Waals surface area contributed by atoms with Crippen LogP contribution >= 0.6 is 0 Å². The normalized spacial score (nSPS) is 21.8. The Kier molecular flexibility index (Phi) is 6.40. The topological polar surface area (TPSA) is 82.1 Å². The highest BCUT2D eigenvalue weighted by Crippen LogP contribution is 2.43. The largest absolute Gasteiger partial charge is 0.394 e. The molecule has 0 bridgehead atoms. The Morgan fingerprint density at radius 2 is 2.00 bits per heavy atom. The van der Waals surface area contributed by atoms with Gasteiger partial charge in [0.05, 0.1) is 24.4 Å². The average molecular weight is 437 g/mol. The maximum Gasteiger partial charge on any atom is 0.322 e. The van der Waals surface area contributed by atoms with Crippen molar-refractivity contribution in [1.29, 1.82) is 0 Å². The van der Waals surface area contributed by atoms with Crippen LogP contribution in [-0.2, 0) is 9.53 Å². The van der Waals surface area contributed by atoms with Crippen LogP contribution in [0.5, 0.6) is 0 Å². The quantitative estimate of drug-likeness (QED) is 0.718. The number of anilines is 1. The van der Waals surface area contributed by atoms with E-state index in [2.05, 4.69) is 17.2 Å². The number of hydrogen-bond donors (Lipinski definition) is 2. The summed E-state index contributed by atoms with van der Waals surface area (Å²) < 4.78 is 18.8. The maximum atomic E-state index is 13.9. The summed E-state index contributed by atoms with van der Waals surface area (Å²) in [4.78, 5) is 28.5. The molecule has 2 aliphatic rings. The van der Waals surface area contributed by atoms with Crippen molar-refractivity contribution in [2.75, 3.05) is 38.7 Å². The first-order valence-corrected chi connectivity index (χ1v) is 10.3. The van der Waals surface area contributed by atoms with Gasteiger partial charge in [0.15, 0.2) is 0 Å². The molecule has 2 aromatic carbocycles. The number of benzene rings is 2. The van der Waals surface area contributed by atoms with Gasteiger partial charge < -0.3 is 25.0 Å². The van der Waals surface area contributed by atoms with Crippen LogP contribution in [0.15, 0.2) is 48.5 Å². The molecule has 166 valence electrons. The summed E-state index contributed by atoms with van der Waals surface area (Å²) in [6.07, 6.45) is 0. The summed E-state index contributed by atoms with van der Waals surface area (Å²) in [6.45, 7) is 0.362. The molecule has 0 aromatic heterocycles. The average Bonchev–Trinajstić information content (AvgIpc) is 2.78. The van der Waals surface area contributed by atoms with Crippen LogP contribution in [0.2, 0.25) is 0 Å². The standard InChI is InChI=1S/C24H24FN3O4/c1-32-12-4-5-16-8-10-17(11-9-16)23-20-13-27(14-22(30)28(20)21(23)15-29)24(31)26-19-7-3-2-6-18(19)25/h2-3,6-11,20-21,23,29H,12-15H2,1H3,(H,26,31)/t20-,21+,23+/m1/s1. The first-order valence-electron chi connectivity index (χ1n) is 10.3. The molecule has 0 spiro atoms. The molecule has 2 heterocycles. The fourth-order valence-electron chi connectivity index (χ4n) is 4.41. The van der Waals surface area contributed by atoms with E-state index in [1.165, 1.54) is 23.1 Å². The second kappa shape index (κ2) is 9.39. The minimum Gasteiger partial charge on any atom is -0.394 e. The van der Waals surface area contributed by atoms with Crippen molar-refractivity contribution in [1.82, 2.24) is 9.80 Å². The third kappa shape index (κ3) is 4.17. The number of amides is 3. The van der Waals surface area contributed by atoms with Gasteiger partial charge in [-0.05, 0) is 29.8 Å².